The number of allylic oxidation sites excluding steroid dienone is 3. The summed E-state index contributed by atoms with van der Waals surface area (Å²) >= 11 is 0. The Bertz CT molecular complexity index is 1270. The topological polar surface area (TPSA) is 88.0 Å². The van der Waals surface area contributed by atoms with Crippen molar-refractivity contribution < 1.29 is 19.4 Å². The lowest BCUT2D eigenvalue weighted by Crippen LogP contribution is -2.29. The number of aliphatic imine (C=N–C) groups is 1. The first-order valence-corrected chi connectivity index (χ1v) is 14.6. The minimum atomic E-state index is -1.05. The first-order chi connectivity index (χ1) is 19.2. The molecule has 1 heterocycles. The predicted molar refractivity (Wildman–Crippen MR) is 169 cm³/mol. The van der Waals surface area contributed by atoms with Gasteiger partial charge in [-0.25, -0.2) is 4.79 Å². The lowest BCUT2D eigenvalue weighted by molar-refractivity contribution is 0.0695. The van der Waals surface area contributed by atoms with Crippen molar-refractivity contribution in [1.29, 1.82) is 0 Å². The zero-order chi connectivity index (χ0) is 30.6. The Morgan fingerprint density at radius 3 is 2.17 bits per heavy atom. The molecule has 0 fully saturated rings. The second-order valence-electron chi connectivity index (χ2n) is 8.76. The van der Waals surface area contributed by atoms with Gasteiger partial charge in [0.2, 0.25) is 0 Å². The number of benzene rings is 2. The number of nitrogens with zero attached hydrogens (tertiary/aromatic N) is 1. The number of nitrogens with one attached hydrogen (secondary N) is 1. The summed E-state index contributed by atoms with van der Waals surface area (Å²) in [5.41, 5.74) is 6.06. The van der Waals surface area contributed by atoms with Crippen molar-refractivity contribution >= 4 is 23.2 Å². The molecule has 6 heteroatoms. The van der Waals surface area contributed by atoms with Crippen LogP contribution in [0.2, 0.25) is 0 Å². The maximum Gasteiger partial charge on any atom is 0.336 e. The van der Waals surface area contributed by atoms with Crippen molar-refractivity contribution in [2.75, 3.05) is 18.4 Å². The van der Waals surface area contributed by atoms with E-state index in [0.29, 0.717) is 23.4 Å². The number of ketones is 1. The standard InChI is InChI=1S/C28H30N2O4.3C2H6/c1-6-29-23-13-25-21(10-15(23)3)27(19-9-8-18(17(5)31)12-20(19)28(32)33)22-11-16(4)24(30-7-2)14-26(22)34-25;3*1-2/h8-14,21,27,30H,6-7H2,1-5H3,(H,32,33);3*1-2H3. The molecule has 2 aliphatic rings. The van der Waals surface area contributed by atoms with Crippen LogP contribution in [-0.4, -0.2) is 35.7 Å². The molecule has 2 N–H and O–H groups in total. The molecule has 0 spiro atoms. The van der Waals surface area contributed by atoms with Crippen LogP contribution in [0.5, 0.6) is 5.75 Å². The highest BCUT2D eigenvalue weighted by atomic mass is 16.5. The molecule has 1 aliphatic carbocycles. The van der Waals surface area contributed by atoms with Crippen LogP contribution in [0, 0.1) is 12.8 Å². The van der Waals surface area contributed by atoms with Crippen LogP contribution >= 0.6 is 0 Å². The van der Waals surface area contributed by atoms with Gasteiger partial charge in [-0.05, 0) is 63.5 Å². The third-order valence-corrected chi connectivity index (χ3v) is 6.44. The minimum absolute atomic E-state index is 0.136. The molecule has 0 saturated carbocycles. The maximum absolute atomic E-state index is 12.3. The number of fused-ring (bicyclic) bond motifs is 2. The Hall–Kier alpha value is -3.67. The van der Waals surface area contributed by atoms with Crippen LogP contribution in [0.3, 0.4) is 0 Å². The molecule has 4 rings (SSSR count). The van der Waals surface area contributed by atoms with Crippen LogP contribution in [0.1, 0.15) is 113 Å². The van der Waals surface area contributed by atoms with Gasteiger partial charge in [-0.2, -0.15) is 0 Å². The molecule has 0 amide bonds. The lowest BCUT2D eigenvalue weighted by atomic mass is 9.73. The van der Waals surface area contributed by atoms with Gasteiger partial charge in [-0.3, -0.25) is 9.79 Å². The molecule has 0 bridgehead atoms. The van der Waals surface area contributed by atoms with Crippen LogP contribution in [0.15, 0.2) is 58.8 Å². The van der Waals surface area contributed by atoms with E-state index in [9.17, 15) is 14.7 Å². The Kier molecular flexibility index (Phi) is 14.1. The summed E-state index contributed by atoms with van der Waals surface area (Å²) < 4.78 is 6.41. The van der Waals surface area contributed by atoms with Crippen LogP contribution in [-0.2, 0) is 0 Å². The number of carbonyl (C=O) groups excluding carboxylic acids is 1. The molecular formula is C34H48N2O4. The summed E-state index contributed by atoms with van der Waals surface area (Å²) in [6, 6.07) is 9.06. The molecule has 2 atom stereocenters. The van der Waals surface area contributed by atoms with Gasteiger partial charge in [0, 0.05) is 53.9 Å². The van der Waals surface area contributed by atoms with Crippen LogP contribution in [0.25, 0.3) is 0 Å². The van der Waals surface area contributed by atoms with Gasteiger partial charge in [-0.1, -0.05) is 59.8 Å². The molecule has 40 heavy (non-hydrogen) atoms. The van der Waals surface area contributed by atoms with Crippen molar-refractivity contribution in [3.8, 4) is 5.75 Å². The molecule has 0 saturated heterocycles. The Morgan fingerprint density at radius 2 is 1.62 bits per heavy atom. The van der Waals surface area contributed by atoms with E-state index in [1.807, 2.05) is 81.4 Å². The van der Waals surface area contributed by atoms with Gasteiger partial charge in [-0.15, -0.1) is 0 Å². The number of anilines is 1. The molecule has 2 unspecified atom stereocenters. The molecule has 0 aromatic heterocycles. The van der Waals surface area contributed by atoms with E-state index in [1.54, 1.807) is 12.1 Å². The number of rotatable bonds is 6. The number of carboxylic acids is 1. The van der Waals surface area contributed by atoms with Crippen molar-refractivity contribution in [1.82, 2.24) is 0 Å². The summed E-state index contributed by atoms with van der Waals surface area (Å²) in [6.07, 6.45) is 4.09. The summed E-state index contributed by atoms with van der Waals surface area (Å²) in [6.45, 7) is 23.0. The summed E-state index contributed by atoms with van der Waals surface area (Å²) in [4.78, 5) is 28.9. The molecule has 6 nitrogen and oxygen atoms in total. The van der Waals surface area contributed by atoms with E-state index in [4.69, 9.17) is 4.74 Å². The Labute approximate surface area is 241 Å². The number of ether oxygens (including phenoxy) is 1. The summed E-state index contributed by atoms with van der Waals surface area (Å²) in [7, 11) is 0. The van der Waals surface area contributed by atoms with Crippen molar-refractivity contribution in [3.63, 3.8) is 0 Å². The normalized spacial score (nSPS) is 17.4. The van der Waals surface area contributed by atoms with Crippen molar-refractivity contribution in [2.24, 2.45) is 10.9 Å². The van der Waals surface area contributed by atoms with Gasteiger partial charge in [0.15, 0.2) is 5.78 Å². The fourth-order valence-corrected chi connectivity index (χ4v) is 4.82. The number of aromatic carboxylic acids is 1. The number of hydrogen-bond donors (Lipinski definition) is 2. The molecular weight excluding hydrogens is 500 g/mol. The number of Topliss-reactive ketones (excluding diaryl/α,β-unsaturated/α-hetero) is 1. The highest BCUT2D eigenvalue weighted by Gasteiger charge is 2.39. The van der Waals surface area contributed by atoms with Gasteiger partial charge >= 0.3 is 5.97 Å². The first-order valence-electron chi connectivity index (χ1n) is 14.6. The first kappa shape index (κ1) is 34.4. The van der Waals surface area contributed by atoms with E-state index in [0.717, 1.165) is 40.4 Å². The zero-order valence-electron chi connectivity index (χ0n) is 26.2. The fourth-order valence-electron chi connectivity index (χ4n) is 4.82. The summed E-state index contributed by atoms with van der Waals surface area (Å²) in [5.74, 6) is -0.244. The van der Waals surface area contributed by atoms with E-state index in [1.165, 1.54) is 13.0 Å². The van der Waals surface area contributed by atoms with Crippen LogP contribution in [0.4, 0.5) is 5.69 Å². The van der Waals surface area contributed by atoms with Gasteiger partial charge in [0.05, 0.1) is 11.3 Å². The molecule has 218 valence electrons. The van der Waals surface area contributed by atoms with Gasteiger partial charge in [0.25, 0.3) is 0 Å². The van der Waals surface area contributed by atoms with E-state index in [2.05, 4.69) is 22.5 Å². The highest BCUT2D eigenvalue weighted by molar-refractivity contribution is 6.09. The van der Waals surface area contributed by atoms with Crippen molar-refractivity contribution in [3.05, 3.63) is 81.6 Å². The van der Waals surface area contributed by atoms with Gasteiger partial charge in [0.1, 0.15) is 11.5 Å². The average Bonchev–Trinajstić information content (AvgIpc) is 2.96. The number of carbonyl (C=O) groups is 2. The zero-order valence-corrected chi connectivity index (χ0v) is 26.2. The average molecular weight is 549 g/mol. The Balaban J connectivity index is 0.00000125. The highest BCUT2D eigenvalue weighted by Crippen LogP contribution is 2.50. The van der Waals surface area contributed by atoms with Gasteiger partial charge < -0.3 is 15.2 Å². The lowest BCUT2D eigenvalue weighted by Gasteiger charge is -2.37. The minimum Gasteiger partial charge on any atom is -0.478 e. The number of hydrogen-bond acceptors (Lipinski definition) is 5. The third-order valence-electron chi connectivity index (χ3n) is 6.44. The molecule has 2 aromatic carbocycles. The number of carboxylic acid groups (broad SMARTS) is 1. The Morgan fingerprint density at radius 1 is 0.975 bits per heavy atom. The molecule has 2 aromatic rings. The number of aryl methyl sites for hydroxylation is 1. The van der Waals surface area contributed by atoms with E-state index < -0.39 is 5.97 Å². The predicted octanol–water partition coefficient (Wildman–Crippen LogP) is 8.85. The fraction of sp³-hybridized carbons (Fsp3) is 0.441. The molecule has 0 radical (unpaired) electrons. The second kappa shape index (κ2) is 16.4. The second-order valence-corrected chi connectivity index (χ2v) is 8.76. The third kappa shape index (κ3) is 7.50. The smallest absolute Gasteiger partial charge is 0.336 e. The maximum atomic E-state index is 12.3. The SMILES string of the molecule is CC.CC.CC.CCN=C1C=C2Oc3cc(NCC)c(C)cc3C(c3ccc(C(C)=O)cc3C(=O)O)C2C=C1C. The van der Waals surface area contributed by atoms with E-state index in [-0.39, 0.29) is 23.2 Å². The largest absolute Gasteiger partial charge is 0.478 e. The molecule has 1 aliphatic heterocycles. The monoisotopic (exact) mass is 548 g/mol. The van der Waals surface area contributed by atoms with E-state index >= 15 is 0 Å². The summed E-state index contributed by atoms with van der Waals surface area (Å²) in [5, 5.41) is 13.4. The quantitative estimate of drug-likeness (QED) is 0.352. The van der Waals surface area contributed by atoms with Crippen LogP contribution < -0.4 is 10.1 Å². The van der Waals surface area contributed by atoms with Crippen molar-refractivity contribution in [2.45, 2.75) is 82.1 Å².